The lowest BCUT2D eigenvalue weighted by molar-refractivity contribution is 0.102. The van der Waals surface area contributed by atoms with Gasteiger partial charge in [-0.05, 0) is 48.9 Å². The molecular weight excluding hydrogens is 323 g/mol. The highest BCUT2D eigenvalue weighted by Crippen LogP contribution is 2.13. The van der Waals surface area contributed by atoms with Crippen molar-refractivity contribution in [3.8, 4) is 5.75 Å². The van der Waals surface area contributed by atoms with Crippen LogP contribution in [0.3, 0.4) is 0 Å². The van der Waals surface area contributed by atoms with Gasteiger partial charge in [-0.25, -0.2) is 14.1 Å². The van der Waals surface area contributed by atoms with Gasteiger partial charge >= 0.3 is 0 Å². The zero-order chi connectivity index (χ0) is 17.6. The maximum Gasteiger partial charge on any atom is 0.258 e. The van der Waals surface area contributed by atoms with Gasteiger partial charge in [-0.2, -0.15) is 0 Å². The van der Waals surface area contributed by atoms with Crippen LogP contribution < -0.4 is 10.1 Å². The van der Waals surface area contributed by atoms with Gasteiger partial charge in [0.2, 0.25) is 5.95 Å². The van der Waals surface area contributed by atoms with Crippen LogP contribution in [0, 0.1) is 5.82 Å². The topological polar surface area (TPSA) is 69.0 Å². The van der Waals surface area contributed by atoms with E-state index >= 15 is 0 Å². The molecule has 2 aromatic carbocycles. The Morgan fingerprint density at radius 1 is 1.16 bits per heavy atom. The third-order valence-electron chi connectivity index (χ3n) is 3.45. The summed E-state index contributed by atoms with van der Waals surface area (Å²) >= 11 is 0. The van der Waals surface area contributed by atoms with Gasteiger partial charge < -0.3 is 4.74 Å². The summed E-state index contributed by atoms with van der Waals surface area (Å²) in [5.74, 6) is 0.329. The first-order valence-corrected chi connectivity index (χ1v) is 7.82. The largest absolute Gasteiger partial charge is 0.494 e. The van der Waals surface area contributed by atoms with Crippen LogP contribution in [0.15, 0.2) is 54.9 Å². The molecule has 0 fully saturated rings. The van der Waals surface area contributed by atoms with Crippen molar-refractivity contribution in [3.05, 3.63) is 71.8 Å². The molecule has 0 bridgehead atoms. The van der Waals surface area contributed by atoms with Crippen molar-refractivity contribution in [1.29, 1.82) is 0 Å². The van der Waals surface area contributed by atoms with Crippen LogP contribution in [0.2, 0.25) is 0 Å². The smallest absolute Gasteiger partial charge is 0.258 e. The number of hydrogen-bond acceptors (Lipinski definition) is 4. The first-order valence-electron chi connectivity index (χ1n) is 7.82. The molecule has 7 heteroatoms. The molecule has 3 rings (SSSR count). The molecule has 0 saturated heterocycles. The van der Waals surface area contributed by atoms with E-state index in [1.807, 2.05) is 6.92 Å². The minimum Gasteiger partial charge on any atom is -0.494 e. The monoisotopic (exact) mass is 340 g/mol. The number of nitrogens with zero attached hydrogens (tertiary/aromatic N) is 3. The maximum absolute atomic E-state index is 12.9. The number of aromatic nitrogens is 3. The summed E-state index contributed by atoms with van der Waals surface area (Å²) in [6.45, 7) is 2.90. The van der Waals surface area contributed by atoms with E-state index in [-0.39, 0.29) is 17.7 Å². The predicted octanol–water partition coefficient (Wildman–Crippen LogP) is 3.12. The number of hydrogen-bond donors (Lipinski definition) is 1. The van der Waals surface area contributed by atoms with Crippen molar-refractivity contribution in [2.45, 2.75) is 13.5 Å². The number of carbonyl (C=O) groups is 1. The van der Waals surface area contributed by atoms with Gasteiger partial charge in [0, 0.05) is 5.56 Å². The van der Waals surface area contributed by atoms with Crippen molar-refractivity contribution < 1.29 is 13.9 Å². The molecule has 0 saturated carbocycles. The fourth-order valence-corrected chi connectivity index (χ4v) is 2.25. The number of benzene rings is 2. The lowest BCUT2D eigenvalue weighted by Gasteiger charge is -2.04. The molecule has 0 spiro atoms. The highest BCUT2D eigenvalue weighted by molar-refractivity contribution is 6.03. The molecule has 25 heavy (non-hydrogen) atoms. The molecule has 1 aromatic heterocycles. The van der Waals surface area contributed by atoms with Crippen LogP contribution >= 0.6 is 0 Å². The van der Waals surface area contributed by atoms with Gasteiger partial charge in [0.15, 0.2) is 0 Å². The van der Waals surface area contributed by atoms with Gasteiger partial charge in [-0.15, -0.1) is 5.10 Å². The Labute approximate surface area is 144 Å². The molecule has 1 N–H and O–H groups in total. The summed E-state index contributed by atoms with van der Waals surface area (Å²) < 4.78 is 19.8. The van der Waals surface area contributed by atoms with Crippen molar-refractivity contribution in [1.82, 2.24) is 14.8 Å². The maximum atomic E-state index is 12.9. The second-order valence-electron chi connectivity index (χ2n) is 5.30. The van der Waals surface area contributed by atoms with E-state index in [1.165, 1.54) is 18.5 Å². The summed E-state index contributed by atoms with van der Waals surface area (Å²) in [6.07, 6.45) is 1.51. The van der Waals surface area contributed by atoms with Crippen LogP contribution in [-0.2, 0) is 6.54 Å². The van der Waals surface area contributed by atoms with Crippen molar-refractivity contribution >= 4 is 11.9 Å². The Hall–Kier alpha value is -3.22. The number of anilines is 1. The molecule has 0 unspecified atom stereocenters. The standard InChI is InChI=1S/C18H17FN4O2/c1-2-25-16-9-5-14(6-10-16)17(24)21-18-20-12-23(22-18)11-13-3-7-15(19)8-4-13/h3-10,12H,2,11H2,1H3,(H,21,22,24). The number of rotatable bonds is 6. The minimum atomic E-state index is -0.303. The zero-order valence-corrected chi connectivity index (χ0v) is 13.6. The average Bonchev–Trinajstić information content (AvgIpc) is 3.05. The summed E-state index contributed by atoms with van der Waals surface area (Å²) in [6, 6.07) is 13.0. The van der Waals surface area contributed by atoms with E-state index in [2.05, 4.69) is 15.4 Å². The van der Waals surface area contributed by atoms with E-state index in [1.54, 1.807) is 41.1 Å². The Kier molecular flexibility index (Phi) is 5.03. The van der Waals surface area contributed by atoms with Crippen LogP contribution in [0.5, 0.6) is 5.75 Å². The predicted molar refractivity (Wildman–Crippen MR) is 91.1 cm³/mol. The van der Waals surface area contributed by atoms with E-state index in [9.17, 15) is 9.18 Å². The van der Waals surface area contributed by atoms with Gasteiger partial charge in [-0.1, -0.05) is 12.1 Å². The second-order valence-corrected chi connectivity index (χ2v) is 5.30. The van der Waals surface area contributed by atoms with Gasteiger partial charge in [0.1, 0.15) is 17.9 Å². The van der Waals surface area contributed by atoms with Gasteiger partial charge in [-0.3, -0.25) is 10.1 Å². The fraction of sp³-hybridized carbons (Fsp3) is 0.167. The summed E-state index contributed by atoms with van der Waals surface area (Å²) in [7, 11) is 0. The average molecular weight is 340 g/mol. The fourth-order valence-electron chi connectivity index (χ4n) is 2.25. The minimum absolute atomic E-state index is 0.209. The number of ether oxygens (including phenoxy) is 1. The third-order valence-corrected chi connectivity index (χ3v) is 3.45. The number of halogens is 1. The van der Waals surface area contributed by atoms with Crippen LogP contribution in [0.1, 0.15) is 22.8 Å². The van der Waals surface area contributed by atoms with Crippen molar-refractivity contribution in [2.24, 2.45) is 0 Å². The summed E-state index contributed by atoms with van der Waals surface area (Å²) in [5.41, 5.74) is 1.37. The molecule has 0 radical (unpaired) electrons. The van der Waals surface area contributed by atoms with Crippen molar-refractivity contribution in [3.63, 3.8) is 0 Å². The molecule has 128 valence electrons. The van der Waals surface area contributed by atoms with E-state index in [0.717, 1.165) is 5.56 Å². The van der Waals surface area contributed by atoms with Crippen LogP contribution in [0.4, 0.5) is 10.3 Å². The zero-order valence-electron chi connectivity index (χ0n) is 13.6. The molecule has 3 aromatic rings. The highest BCUT2D eigenvalue weighted by Gasteiger charge is 2.09. The third kappa shape index (κ3) is 4.41. The molecule has 0 aliphatic carbocycles. The van der Waals surface area contributed by atoms with Crippen LogP contribution in [-0.4, -0.2) is 27.3 Å². The first-order chi connectivity index (χ1) is 12.1. The first kappa shape index (κ1) is 16.6. The summed E-state index contributed by atoms with van der Waals surface area (Å²) in [5, 5.41) is 6.84. The summed E-state index contributed by atoms with van der Waals surface area (Å²) in [4.78, 5) is 16.3. The number of amides is 1. The molecule has 1 amide bonds. The Bertz CT molecular complexity index is 844. The van der Waals surface area contributed by atoms with Crippen LogP contribution in [0.25, 0.3) is 0 Å². The molecule has 0 aliphatic rings. The van der Waals surface area contributed by atoms with Gasteiger partial charge in [0.25, 0.3) is 5.91 Å². The van der Waals surface area contributed by atoms with Crippen molar-refractivity contribution in [2.75, 3.05) is 11.9 Å². The van der Waals surface area contributed by atoms with E-state index in [0.29, 0.717) is 24.5 Å². The number of nitrogens with one attached hydrogen (secondary N) is 1. The van der Waals surface area contributed by atoms with E-state index < -0.39 is 0 Å². The Morgan fingerprint density at radius 3 is 2.56 bits per heavy atom. The molecular formula is C18H17FN4O2. The Balaban J connectivity index is 1.62. The lowest BCUT2D eigenvalue weighted by atomic mass is 10.2. The molecule has 0 aliphatic heterocycles. The molecule has 6 nitrogen and oxygen atoms in total. The lowest BCUT2D eigenvalue weighted by Crippen LogP contribution is -2.13. The number of carbonyl (C=O) groups excluding carboxylic acids is 1. The molecule has 0 atom stereocenters. The normalized spacial score (nSPS) is 10.5. The van der Waals surface area contributed by atoms with E-state index in [4.69, 9.17) is 4.74 Å². The highest BCUT2D eigenvalue weighted by atomic mass is 19.1. The van der Waals surface area contributed by atoms with Gasteiger partial charge in [0.05, 0.1) is 13.2 Å². The Morgan fingerprint density at radius 2 is 1.88 bits per heavy atom. The second kappa shape index (κ2) is 7.57. The molecule has 1 heterocycles. The SMILES string of the molecule is CCOc1ccc(C(=O)Nc2ncn(Cc3ccc(F)cc3)n2)cc1. The quantitative estimate of drug-likeness (QED) is 0.748.